The Morgan fingerprint density at radius 3 is 1.94 bits per heavy atom. The first-order valence-electron chi connectivity index (χ1n) is 8.98. The molecule has 5 N–H and O–H groups in total. The van der Waals surface area contributed by atoms with Gasteiger partial charge in [-0.25, -0.2) is 27.8 Å². The second-order valence-corrected chi connectivity index (χ2v) is 7.81. The van der Waals surface area contributed by atoms with Crippen molar-refractivity contribution in [2.24, 2.45) is 10.2 Å². The molecule has 34 heavy (non-hydrogen) atoms. The molecule has 0 bridgehead atoms. The fourth-order valence-corrected chi connectivity index (χ4v) is 3.19. The van der Waals surface area contributed by atoms with E-state index < -0.39 is 27.9 Å². The summed E-state index contributed by atoms with van der Waals surface area (Å²) in [5, 5.41) is 41.1. The molecular weight excluding hydrogens is 472 g/mol. The number of sulfonamides is 1. The summed E-state index contributed by atoms with van der Waals surface area (Å²) in [6.45, 7) is 0. The number of rotatable bonds is 6. The fourth-order valence-electron chi connectivity index (χ4n) is 2.18. The Balaban J connectivity index is 0.000000604. The number of nitrogens with one attached hydrogen (secondary N) is 1. The lowest BCUT2D eigenvalue weighted by molar-refractivity contribution is -0.159. The Morgan fingerprint density at radius 2 is 1.41 bits per heavy atom. The molecule has 0 aliphatic rings. The van der Waals surface area contributed by atoms with Crippen LogP contribution in [-0.4, -0.2) is 51.7 Å². The molecule has 0 unspecified atom stereocenters. The second-order valence-electron chi connectivity index (χ2n) is 6.13. The van der Waals surface area contributed by atoms with Crippen LogP contribution in [0.2, 0.25) is 0 Å². The highest BCUT2D eigenvalue weighted by atomic mass is 32.2. The number of aliphatic carboxylic acids is 2. The highest BCUT2D eigenvalue weighted by Crippen LogP contribution is 2.25. The van der Waals surface area contributed by atoms with Gasteiger partial charge in [0.05, 0.1) is 16.3 Å². The van der Waals surface area contributed by atoms with Gasteiger partial charge in [0.2, 0.25) is 0 Å². The van der Waals surface area contributed by atoms with E-state index in [0.717, 1.165) is 0 Å². The molecule has 0 aliphatic heterocycles. The standard InChI is InChI=1S/C18H14N4O5S.C2H2O4/c23-16-9-6-13(11-15(16)18(24)25)21-20-12-4-7-14(8-5-12)28(26,27)22-17-3-1-2-10-19-17;3-1(4)2(5)6/h1-11,23H,(H,19,22)(H,24,25);(H,3,4)(H,5,6). The molecule has 2 aromatic carbocycles. The molecule has 0 saturated heterocycles. The number of aromatic hydroxyl groups is 1. The summed E-state index contributed by atoms with van der Waals surface area (Å²) in [6, 6.07) is 14.3. The molecule has 176 valence electrons. The van der Waals surface area contributed by atoms with Gasteiger partial charge in [-0.2, -0.15) is 10.2 Å². The lowest BCUT2D eigenvalue weighted by atomic mass is 10.2. The first kappa shape index (κ1) is 25.4. The average molecular weight is 488 g/mol. The number of hydrogen-bond donors (Lipinski definition) is 5. The van der Waals surface area contributed by atoms with Crippen molar-refractivity contribution < 1.29 is 43.2 Å². The van der Waals surface area contributed by atoms with Gasteiger partial charge in [0.15, 0.2) is 0 Å². The number of hydrogen-bond acceptors (Lipinski definition) is 9. The van der Waals surface area contributed by atoms with Crippen LogP contribution >= 0.6 is 0 Å². The van der Waals surface area contributed by atoms with E-state index in [1.165, 1.54) is 54.7 Å². The van der Waals surface area contributed by atoms with E-state index in [-0.39, 0.29) is 27.7 Å². The summed E-state index contributed by atoms with van der Waals surface area (Å²) in [7, 11) is -3.79. The van der Waals surface area contributed by atoms with Gasteiger partial charge in [-0.05, 0) is 54.6 Å². The molecule has 13 nitrogen and oxygen atoms in total. The molecule has 3 rings (SSSR count). The quantitative estimate of drug-likeness (QED) is 0.252. The van der Waals surface area contributed by atoms with E-state index in [9.17, 15) is 18.3 Å². The predicted octanol–water partition coefficient (Wildman–Crippen LogP) is 2.86. The Labute approximate surface area is 191 Å². The molecule has 0 aliphatic carbocycles. The van der Waals surface area contributed by atoms with Crippen LogP contribution in [0.25, 0.3) is 0 Å². The largest absolute Gasteiger partial charge is 0.507 e. The first-order chi connectivity index (χ1) is 16.0. The highest BCUT2D eigenvalue weighted by Gasteiger charge is 2.14. The van der Waals surface area contributed by atoms with Crippen molar-refractivity contribution in [2.45, 2.75) is 4.90 Å². The smallest absolute Gasteiger partial charge is 0.414 e. The number of aromatic nitrogens is 1. The number of aromatic carboxylic acids is 1. The summed E-state index contributed by atoms with van der Waals surface area (Å²) in [4.78, 5) is 33.1. The molecule has 14 heteroatoms. The number of pyridine rings is 1. The zero-order valence-electron chi connectivity index (χ0n) is 16.9. The van der Waals surface area contributed by atoms with E-state index in [0.29, 0.717) is 5.69 Å². The normalized spacial score (nSPS) is 10.7. The third kappa shape index (κ3) is 7.38. The van der Waals surface area contributed by atoms with Gasteiger partial charge >= 0.3 is 17.9 Å². The van der Waals surface area contributed by atoms with Crippen LogP contribution in [0.5, 0.6) is 5.75 Å². The van der Waals surface area contributed by atoms with Crippen molar-refractivity contribution >= 4 is 45.1 Å². The van der Waals surface area contributed by atoms with Crippen LogP contribution in [0.15, 0.2) is 82.0 Å². The number of nitrogens with zero attached hydrogens (tertiary/aromatic N) is 3. The van der Waals surface area contributed by atoms with Gasteiger partial charge in [0, 0.05) is 6.20 Å². The van der Waals surface area contributed by atoms with Crippen molar-refractivity contribution in [2.75, 3.05) is 4.72 Å². The van der Waals surface area contributed by atoms with Gasteiger partial charge in [0.1, 0.15) is 17.1 Å². The van der Waals surface area contributed by atoms with Crippen molar-refractivity contribution in [1.29, 1.82) is 0 Å². The molecule has 1 heterocycles. The zero-order chi connectivity index (χ0) is 25.3. The summed E-state index contributed by atoms with van der Waals surface area (Å²) < 4.78 is 27.0. The maximum atomic E-state index is 12.3. The maximum Gasteiger partial charge on any atom is 0.414 e. The van der Waals surface area contributed by atoms with Crippen molar-refractivity contribution in [3.63, 3.8) is 0 Å². The zero-order valence-corrected chi connectivity index (χ0v) is 17.7. The fraction of sp³-hybridized carbons (Fsp3) is 0. The van der Waals surface area contributed by atoms with Crippen molar-refractivity contribution in [3.05, 3.63) is 72.4 Å². The first-order valence-corrected chi connectivity index (χ1v) is 10.5. The number of azo groups is 1. The highest BCUT2D eigenvalue weighted by molar-refractivity contribution is 7.92. The number of carboxylic acid groups (broad SMARTS) is 3. The van der Waals surface area contributed by atoms with E-state index in [2.05, 4.69) is 19.9 Å². The van der Waals surface area contributed by atoms with Crippen LogP contribution in [0.3, 0.4) is 0 Å². The van der Waals surface area contributed by atoms with Crippen LogP contribution in [0.4, 0.5) is 17.2 Å². The van der Waals surface area contributed by atoms with Crippen LogP contribution in [-0.2, 0) is 19.6 Å². The predicted molar refractivity (Wildman–Crippen MR) is 116 cm³/mol. The van der Waals surface area contributed by atoms with Gasteiger partial charge < -0.3 is 20.4 Å². The Kier molecular flexibility index (Phi) is 8.33. The Bertz CT molecular complexity index is 1310. The van der Waals surface area contributed by atoms with Gasteiger partial charge in [-0.3, -0.25) is 4.72 Å². The lowest BCUT2D eigenvalue weighted by Gasteiger charge is -2.07. The number of carbonyl (C=O) groups is 3. The van der Waals surface area contributed by atoms with E-state index in [1.54, 1.807) is 12.1 Å². The molecule has 0 saturated carbocycles. The molecule has 3 aromatic rings. The van der Waals surface area contributed by atoms with Crippen molar-refractivity contribution in [3.8, 4) is 5.75 Å². The number of anilines is 1. The van der Waals surface area contributed by atoms with Crippen LogP contribution < -0.4 is 4.72 Å². The summed E-state index contributed by atoms with van der Waals surface area (Å²) in [5.74, 6) is -5.11. The summed E-state index contributed by atoms with van der Waals surface area (Å²) >= 11 is 0. The van der Waals surface area contributed by atoms with Crippen LogP contribution in [0.1, 0.15) is 10.4 Å². The topological polar surface area (TPSA) is 216 Å². The third-order valence-electron chi connectivity index (χ3n) is 3.73. The third-order valence-corrected chi connectivity index (χ3v) is 5.10. The van der Waals surface area contributed by atoms with Gasteiger partial charge in [-0.15, -0.1) is 0 Å². The molecule has 0 spiro atoms. The van der Waals surface area contributed by atoms with Gasteiger partial charge in [-0.1, -0.05) is 6.07 Å². The van der Waals surface area contributed by atoms with E-state index in [1.807, 2.05) is 0 Å². The van der Waals surface area contributed by atoms with Gasteiger partial charge in [0.25, 0.3) is 10.0 Å². The minimum Gasteiger partial charge on any atom is -0.507 e. The number of benzene rings is 2. The van der Waals surface area contributed by atoms with E-state index >= 15 is 0 Å². The Morgan fingerprint density at radius 1 is 0.824 bits per heavy atom. The molecule has 0 fully saturated rings. The molecule has 0 radical (unpaired) electrons. The molecule has 0 amide bonds. The summed E-state index contributed by atoms with van der Waals surface area (Å²) in [6.07, 6.45) is 1.47. The van der Waals surface area contributed by atoms with Crippen molar-refractivity contribution in [1.82, 2.24) is 4.98 Å². The molecule has 0 atom stereocenters. The monoisotopic (exact) mass is 488 g/mol. The lowest BCUT2D eigenvalue weighted by Crippen LogP contribution is -2.13. The number of phenols is 1. The van der Waals surface area contributed by atoms with E-state index in [4.69, 9.17) is 24.9 Å². The van der Waals surface area contributed by atoms with Crippen LogP contribution in [0, 0.1) is 0 Å². The Hall–Kier alpha value is -4.85. The summed E-state index contributed by atoms with van der Waals surface area (Å²) in [5.41, 5.74) is 0.295. The average Bonchev–Trinajstić information content (AvgIpc) is 2.79. The minimum absolute atomic E-state index is 0.0231. The second kappa shape index (κ2) is 11.1. The SMILES string of the molecule is O=C(O)C(=O)O.O=C(O)c1cc(N=Nc2ccc(S(=O)(=O)Nc3ccccn3)cc2)ccc1O. The molecular formula is C20H16N4O9S. The maximum absolute atomic E-state index is 12.3. The number of carboxylic acids is 3. The minimum atomic E-state index is -3.79. The molecule has 1 aromatic heterocycles.